The van der Waals surface area contributed by atoms with E-state index in [1.807, 2.05) is 0 Å². The van der Waals surface area contributed by atoms with Crippen molar-refractivity contribution in [2.75, 3.05) is 13.2 Å². The van der Waals surface area contributed by atoms with Crippen LogP contribution in [0.5, 0.6) is 0 Å². The van der Waals surface area contributed by atoms with E-state index in [0.717, 1.165) is 19.1 Å². The van der Waals surface area contributed by atoms with Gasteiger partial charge in [-0.25, -0.2) is 0 Å². The fourth-order valence-electron chi connectivity index (χ4n) is 3.20. The van der Waals surface area contributed by atoms with Crippen LogP contribution in [-0.2, 0) is 4.74 Å². The molecule has 0 amide bonds. The molecule has 1 aliphatic heterocycles. The van der Waals surface area contributed by atoms with E-state index >= 15 is 0 Å². The monoisotopic (exact) mass is 168 g/mol. The van der Waals surface area contributed by atoms with Gasteiger partial charge in [-0.3, -0.25) is 0 Å². The molecule has 70 valence electrons. The van der Waals surface area contributed by atoms with Crippen molar-refractivity contribution in [3.8, 4) is 0 Å². The fraction of sp³-hybridized carbons (Fsp3) is 1.00. The molecule has 2 fully saturated rings. The molecule has 12 heavy (non-hydrogen) atoms. The highest BCUT2D eigenvalue weighted by Crippen LogP contribution is 2.55. The van der Waals surface area contributed by atoms with Crippen molar-refractivity contribution >= 4 is 0 Å². The summed E-state index contributed by atoms with van der Waals surface area (Å²) in [5.74, 6) is 0.902. The van der Waals surface area contributed by atoms with Gasteiger partial charge >= 0.3 is 0 Å². The second kappa shape index (κ2) is 2.47. The van der Waals surface area contributed by atoms with Gasteiger partial charge in [-0.05, 0) is 24.2 Å². The van der Waals surface area contributed by atoms with Crippen LogP contribution in [0.25, 0.3) is 0 Å². The smallest absolute Gasteiger partial charge is 0.0547 e. The van der Waals surface area contributed by atoms with Gasteiger partial charge in [0, 0.05) is 5.41 Å². The molecule has 0 aromatic carbocycles. The predicted molar refractivity (Wildman–Crippen MR) is 50.0 cm³/mol. The third-order valence-corrected chi connectivity index (χ3v) is 3.73. The van der Waals surface area contributed by atoms with E-state index in [9.17, 15) is 0 Å². The van der Waals surface area contributed by atoms with E-state index in [0.29, 0.717) is 10.8 Å². The lowest BCUT2D eigenvalue weighted by Gasteiger charge is -2.48. The number of ether oxygens (including phenoxy) is 1. The Morgan fingerprint density at radius 3 is 2.25 bits per heavy atom. The molecule has 0 aromatic heterocycles. The Hall–Kier alpha value is -0.0400. The summed E-state index contributed by atoms with van der Waals surface area (Å²) in [6.45, 7) is 9.21. The molecule has 1 nitrogen and oxygen atoms in total. The largest absolute Gasteiger partial charge is 0.380 e. The second-order valence-electron chi connectivity index (χ2n) is 5.67. The minimum atomic E-state index is 0.486. The van der Waals surface area contributed by atoms with Crippen LogP contribution < -0.4 is 0 Å². The van der Waals surface area contributed by atoms with Crippen molar-refractivity contribution in [2.45, 2.75) is 40.0 Å². The van der Waals surface area contributed by atoms with E-state index in [1.54, 1.807) is 0 Å². The van der Waals surface area contributed by atoms with Crippen molar-refractivity contribution in [2.24, 2.45) is 16.7 Å². The van der Waals surface area contributed by atoms with E-state index in [2.05, 4.69) is 20.8 Å². The summed E-state index contributed by atoms with van der Waals surface area (Å²) in [5.41, 5.74) is 1.08. The molecule has 1 heterocycles. The number of rotatable bonds is 0. The Labute approximate surface area is 75.5 Å². The first kappa shape index (κ1) is 8.55. The molecule has 1 saturated heterocycles. The third kappa shape index (κ3) is 1.10. The highest BCUT2D eigenvalue weighted by atomic mass is 16.5. The average Bonchev–Trinajstić information content (AvgIpc) is 2.25. The van der Waals surface area contributed by atoms with Gasteiger partial charge in [0.25, 0.3) is 0 Å². The summed E-state index contributed by atoms with van der Waals surface area (Å²) in [6.07, 6.45) is 4.26. The molecule has 2 aliphatic rings. The van der Waals surface area contributed by atoms with Gasteiger partial charge in [0.2, 0.25) is 0 Å². The Kier molecular flexibility index (Phi) is 1.76. The Balaban J connectivity index is 2.14. The van der Waals surface area contributed by atoms with Crippen molar-refractivity contribution < 1.29 is 4.74 Å². The number of hydrogen-bond acceptors (Lipinski definition) is 1. The lowest BCUT2D eigenvalue weighted by molar-refractivity contribution is -0.153. The second-order valence-corrected chi connectivity index (χ2v) is 5.67. The van der Waals surface area contributed by atoms with Gasteiger partial charge in [-0.1, -0.05) is 27.2 Å². The quantitative estimate of drug-likeness (QED) is 0.540. The van der Waals surface area contributed by atoms with E-state index in [4.69, 9.17) is 4.74 Å². The van der Waals surface area contributed by atoms with Crippen molar-refractivity contribution in [1.29, 1.82) is 0 Å². The minimum Gasteiger partial charge on any atom is -0.380 e. The van der Waals surface area contributed by atoms with Gasteiger partial charge in [0.05, 0.1) is 13.2 Å². The summed E-state index contributed by atoms with van der Waals surface area (Å²) in [6, 6.07) is 0. The Morgan fingerprint density at radius 1 is 1.25 bits per heavy atom. The lowest BCUT2D eigenvalue weighted by atomic mass is 9.65. The van der Waals surface area contributed by atoms with Crippen LogP contribution in [0.15, 0.2) is 0 Å². The van der Waals surface area contributed by atoms with Crippen molar-refractivity contribution in [1.82, 2.24) is 0 Å². The van der Waals surface area contributed by atoms with Gasteiger partial charge in [-0.2, -0.15) is 0 Å². The molecule has 0 radical (unpaired) electrons. The Morgan fingerprint density at radius 2 is 1.92 bits per heavy atom. The van der Waals surface area contributed by atoms with Gasteiger partial charge in [0.1, 0.15) is 0 Å². The molecule has 2 rings (SSSR count). The molecule has 1 atom stereocenters. The summed E-state index contributed by atoms with van der Waals surface area (Å²) in [5, 5.41) is 0. The van der Waals surface area contributed by atoms with Crippen molar-refractivity contribution in [3.63, 3.8) is 0 Å². The van der Waals surface area contributed by atoms with Crippen LogP contribution >= 0.6 is 0 Å². The van der Waals surface area contributed by atoms with Crippen LogP contribution in [0.3, 0.4) is 0 Å². The minimum absolute atomic E-state index is 0.486. The number of hydrogen-bond donors (Lipinski definition) is 0. The van der Waals surface area contributed by atoms with Crippen LogP contribution in [0, 0.1) is 16.7 Å². The van der Waals surface area contributed by atoms with E-state index in [1.165, 1.54) is 19.3 Å². The molecule has 1 aliphatic carbocycles. The standard InChI is InChI=1S/C11H20O/c1-10(2,3)9-5-4-6-11(9)7-12-8-11/h9H,4-8H2,1-3H3/t9-/m1/s1. The highest BCUT2D eigenvalue weighted by molar-refractivity contribution is 5.00. The zero-order chi connectivity index (χ0) is 8.82. The zero-order valence-electron chi connectivity index (χ0n) is 8.52. The molecule has 1 spiro atoms. The lowest BCUT2D eigenvalue weighted by Crippen LogP contribution is -2.49. The van der Waals surface area contributed by atoms with Gasteiger partial charge in [-0.15, -0.1) is 0 Å². The van der Waals surface area contributed by atoms with Crippen molar-refractivity contribution in [3.05, 3.63) is 0 Å². The maximum absolute atomic E-state index is 5.39. The summed E-state index contributed by atoms with van der Waals surface area (Å²) in [4.78, 5) is 0. The first-order valence-electron chi connectivity index (χ1n) is 5.12. The SMILES string of the molecule is CC(C)(C)[C@H]1CCCC12COC2. The molecular formula is C11H20O. The highest BCUT2D eigenvalue weighted by Gasteiger charge is 2.52. The van der Waals surface area contributed by atoms with Crippen LogP contribution in [0.1, 0.15) is 40.0 Å². The maximum Gasteiger partial charge on any atom is 0.0547 e. The molecule has 1 saturated carbocycles. The van der Waals surface area contributed by atoms with E-state index in [-0.39, 0.29) is 0 Å². The topological polar surface area (TPSA) is 9.23 Å². The summed E-state index contributed by atoms with van der Waals surface area (Å²) >= 11 is 0. The first-order chi connectivity index (χ1) is 5.55. The maximum atomic E-state index is 5.39. The van der Waals surface area contributed by atoms with Crippen LogP contribution in [0.2, 0.25) is 0 Å². The zero-order valence-corrected chi connectivity index (χ0v) is 8.52. The Bertz CT molecular complexity index is 174. The predicted octanol–water partition coefficient (Wildman–Crippen LogP) is 2.85. The van der Waals surface area contributed by atoms with E-state index < -0.39 is 0 Å². The fourth-order valence-corrected chi connectivity index (χ4v) is 3.20. The summed E-state index contributed by atoms with van der Waals surface area (Å²) in [7, 11) is 0. The molecular weight excluding hydrogens is 148 g/mol. The third-order valence-electron chi connectivity index (χ3n) is 3.73. The van der Waals surface area contributed by atoms with Gasteiger partial charge < -0.3 is 4.74 Å². The molecule has 0 unspecified atom stereocenters. The first-order valence-corrected chi connectivity index (χ1v) is 5.12. The molecule has 0 aromatic rings. The van der Waals surface area contributed by atoms with Crippen LogP contribution in [-0.4, -0.2) is 13.2 Å². The van der Waals surface area contributed by atoms with Crippen LogP contribution in [0.4, 0.5) is 0 Å². The molecule has 1 heteroatoms. The summed E-state index contributed by atoms with van der Waals surface area (Å²) < 4.78 is 5.39. The molecule has 0 N–H and O–H groups in total. The average molecular weight is 168 g/mol. The van der Waals surface area contributed by atoms with Gasteiger partial charge in [0.15, 0.2) is 0 Å². The normalized spacial score (nSPS) is 33.8. The molecule has 0 bridgehead atoms.